The third-order valence-electron chi connectivity index (χ3n) is 9.38. The molecule has 0 radical (unpaired) electrons. The minimum atomic E-state index is 0.297. The highest BCUT2D eigenvalue weighted by Crippen LogP contribution is 2.46. The first-order valence-electron chi connectivity index (χ1n) is 15.1. The average molecular weight is 554 g/mol. The van der Waals surface area contributed by atoms with Gasteiger partial charge in [-0.1, -0.05) is 74.0 Å². The molecule has 4 heterocycles. The maximum Gasteiger partial charge on any atom is 0.154 e. The van der Waals surface area contributed by atoms with Crippen molar-refractivity contribution >= 4 is 11.5 Å². The number of hydrogen-bond donors (Lipinski definition) is 1. The molecule has 8 rings (SSSR count). The molecule has 2 aromatic heterocycles. The van der Waals surface area contributed by atoms with E-state index in [0.29, 0.717) is 5.41 Å². The molecule has 3 aromatic carbocycles. The number of aromatic nitrogens is 3. The van der Waals surface area contributed by atoms with Crippen molar-refractivity contribution in [2.24, 2.45) is 0 Å². The summed E-state index contributed by atoms with van der Waals surface area (Å²) in [6.45, 7) is 6.92. The zero-order valence-electron chi connectivity index (χ0n) is 24.0. The molecule has 42 heavy (non-hydrogen) atoms. The highest BCUT2D eigenvalue weighted by molar-refractivity contribution is 5.90. The molecule has 6 heteroatoms. The Hall–Kier alpha value is -4.26. The number of pyridine rings is 1. The van der Waals surface area contributed by atoms with Crippen LogP contribution in [0, 0.1) is 0 Å². The van der Waals surface area contributed by atoms with E-state index < -0.39 is 0 Å². The number of benzene rings is 3. The van der Waals surface area contributed by atoms with Gasteiger partial charge in [-0.2, -0.15) is 0 Å². The molecule has 0 atom stereocenters. The number of nitrogens with zero attached hydrogens (tertiary/aromatic N) is 4. The van der Waals surface area contributed by atoms with Crippen molar-refractivity contribution in [3.05, 3.63) is 102 Å². The summed E-state index contributed by atoms with van der Waals surface area (Å²) in [4.78, 5) is 12.6. The Kier molecular flexibility index (Phi) is 6.20. The van der Waals surface area contributed by atoms with E-state index in [9.17, 15) is 0 Å². The van der Waals surface area contributed by atoms with Crippen molar-refractivity contribution in [3.8, 4) is 39.6 Å². The van der Waals surface area contributed by atoms with Crippen molar-refractivity contribution in [1.82, 2.24) is 19.4 Å². The molecule has 0 unspecified atom stereocenters. The number of fused-ring (bicyclic) bond motifs is 5. The summed E-state index contributed by atoms with van der Waals surface area (Å²) in [6.07, 6.45) is 5.68. The molecular weight excluding hydrogens is 518 g/mol. The number of para-hydroxylation sites is 1. The molecule has 5 aromatic rings. The fraction of sp³-hybridized carbons (Fsp3) is 0.278. The summed E-state index contributed by atoms with van der Waals surface area (Å²) >= 11 is 0. The van der Waals surface area contributed by atoms with Crippen LogP contribution in [0.5, 0.6) is 0 Å². The van der Waals surface area contributed by atoms with Crippen molar-refractivity contribution in [2.75, 3.05) is 31.6 Å². The molecule has 1 saturated heterocycles. The van der Waals surface area contributed by atoms with E-state index in [1.165, 1.54) is 30.4 Å². The Morgan fingerprint density at radius 2 is 1.62 bits per heavy atom. The molecule has 1 N–H and O–H groups in total. The second-order valence-electron chi connectivity index (χ2n) is 12.1. The minimum absolute atomic E-state index is 0.297. The van der Waals surface area contributed by atoms with Crippen LogP contribution >= 0.6 is 0 Å². The van der Waals surface area contributed by atoms with Crippen LogP contribution in [0.1, 0.15) is 37.3 Å². The zero-order valence-corrected chi connectivity index (χ0v) is 24.0. The highest BCUT2D eigenvalue weighted by atomic mass is 16.5. The van der Waals surface area contributed by atoms with Crippen LogP contribution < -0.4 is 5.32 Å². The molecule has 0 bridgehead atoms. The van der Waals surface area contributed by atoms with Crippen molar-refractivity contribution in [1.29, 1.82) is 0 Å². The van der Waals surface area contributed by atoms with E-state index in [4.69, 9.17) is 14.7 Å². The van der Waals surface area contributed by atoms with Gasteiger partial charge >= 0.3 is 0 Å². The number of imidazole rings is 1. The van der Waals surface area contributed by atoms with E-state index >= 15 is 0 Å². The first-order valence-corrected chi connectivity index (χ1v) is 15.1. The largest absolute Gasteiger partial charge is 0.379 e. The standard InChI is InChI=1S/C36H35N5O/c1-36(17-5-18-36)28-15-13-27(14-16-28)33-32(26-11-9-25(10-12-26)24-40-20-22-42-23-21-40)39-35-29-6-2-3-7-30(29)38-34-31(41(33)35)8-4-19-37-34/h2-4,6-16,19H,5,17-18,20-24H2,1H3,(H,37,38). The predicted molar refractivity (Wildman–Crippen MR) is 168 cm³/mol. The molecule has 2 aliphatic heterocycles. The summed E-state index contributed by atoms with van der Waals surface area (Å²) in [7, 11) is 0. The van der Waals surface area contributed by atoms with E-state index in [1.54, 1.807) is 0 Å². The zero-order chi connectivity index (χ0) is 28.1. The van der Waals surface area contributed by atoms with Crippen LogP contribution in [0.2, 0.25) is 0 Å². The molecule has 210 valence electrons. The van der Waals surface area contributed by atoms with Crippen molar-refractivity contribution in [3.63, 3.8) is 0 Å². The molecule has 2 fully saturated rings. The number of rotatable bonds is 5. The maximum atomic E-state index is 5.54. The van der Waals surface area contributed by atoms with Gasteiger partial charge in [-0.3, -0.25) is 9.47 Å². The number of hydrogen-bond acceptors (Lipinski definition) is 5. The lowest BCUT2D eigenvalue weighted by Gasteiger charge is -2.39. The SMILES string of the molecule is CC1(c2ccc(-c3c(-c4ccc(CN5CCOCC5)cc4)nc4n3-c3cccnc3Nc3ccccc3-4)cc2)CCC1. The molecule has 1 aliphatic carbocycles. The number of ether oxygens (including phenoxy) is 1. The Bertz CT molecular complexity index is 1750. The van der Waals surface area contributed by atoms with Crippen LogP contribution in [-0.4, -0.2) is 45.7 Å². The Balaban J connectivity index is 1.30. The highest BCUT2D eigenvalue weighted by Gasteiger charge is 2.34. The van der Waals surface area contributed by atoms with Gasteiger partial charge in [-0.15, -0.1) is 0 Å². The summed E-state index contributed by atoms with van der Waals surface area (Å²) in [5, 5.41) is 3.58. The lowest BCUT2D eigenvalue weighted by Crippen LogP contribution is -2.35. The Labute approximate surface area is 247 Å². The van der Waals surface area contributed by atoms with Gasteiger partial charge in [0.25, 0.3) is 0 Å². The Morgan fingerprint density at radius 3 is 2.38 bits per heavy atom. The molecule has 3 aliphatic rings. The van der Waals surface area contributed by atoms with Gasteiger partial charge in [-0.05, 0) is 53.6 Å². The van der Waals surface area contributed by atoms with Gasteiger partial charge in [0.15, 0.2) is 5.82 Å². The minimum Gasteiger partial charge on any atom is -0.379 e. The van der Waals surface area contributed by atoms with Crippen LogP contribution in [0.15, 0.2) is 91.1 Å². The fourth-order valence-electron chi connectivity index (χ4n) is 6.70. The molecule has 6 nitrogen and oxygen atoms in total. The monoisotopic (exact) mass is 553 g/mol. The first kappa shape index (κ1) is 25.5. The third-order valence-corrected chi connectivity index (χ3v) is 9.38. The predicted octanol–water partition coefficient (Wildman–Crippen LogP) is 7.60. The van der Waals surface area contributed by atoms with Crippen molar-refractivity contribution in [2.45, 2.75) is 38.1 Å². The van der Waals surface area contributed by atoms with Gasteiger partial charge in [0, 0.05) is 42.5 Å². The molecule has 0 spiro atoms. The van der Waals surface area contributed by atoms with Crippen LogP contribution in [0.25, 0.3) is 39.6 Å². The van der Waals surface area contributed by atoms with E-state index in [0.717, 1.165) is 83.9 Å². The van der Waals surface area contributed by atoms with Crippen LogP contribution in [-0.2, 0) is 16.7 Å². The summed E-state index contributed by atoms with van der Waals surface area (Å²) in [5.74, 6) is 1.75. The van der Waals surface area contributed by atoms with Gasteiger partial charge in [0.1, 0.15) is 5.82 Å². The summed E-state index contributed by atoms with van der Waals surface area (Å²) in [6, 6.07) is 30.7. The summed E-state index contributed by atoms with van der Waals surface area (Å²) < 4.78 is 7.85. The van der Waals surface area contributed by atoms with E-state index in [1.807, 2.05) is 12.3 Å². The molecular formula is C36H35N5O. The quantitative estimate of drug-likeness (QED) is 0.238. The van der Waals surface area contributed by atoms with Crippen LogP contribution in [0.4, 0.5) is 11.5 Å². The lowest BCUT2D eigenvalue weighted by molar-refractivity contribution is 0.0342. The topological polar surface area (TPSA) is 55.2 Å². The van der Waals surface area contributed by atoms with Crippen molar-refractivity contribution < 1.29 is 4.74 Å². The Morgan fingerprint density at radius 1 is 0.857 bits per heavy atom. The van der Waals surface area contributed by atoms with E-state index in [-0.39, 0.29) is 0 Å². The van der Waals surface area contributed by atoms with Gasteiger partial charge in [0.2, 0.25) is 0 Å². The number of morpholine rings is 1. The molecule has 0 amide bonds. The molecule has 1 saturated carbocycles. The van der Waals surface area contributed by atoms with E-state index in [2.05, 4.69) is 101 Å². The smallest absolute Gasteiger partial charge is 0.154 e. The number of anilines is 2. The lowest BCUT2D eigenvalue weighted by atomic mass is 9.66. The first-order chi connectivity index (χ1) is 20.7. The second kappa shape index (κ2) is 10.2. The number of nitrogens with one attached hydrogen (secondary N) is 1. The maximum absolute atomic E-state index is 5.54. The third kappa shape index (κ3) is 4.34. The van der Waals surface area contributed by atoms with Crippen LogP contribution in [0.3, 0.4) is 0 Å². The van der Waals surface area contributed by atoms with Gasteiger partial charge in [-0.25, -0.2) is 9.97 Å². The fourth-order valence-corrected chi connectivity index (χ4v) is 6.70. The van der Waals surface area contributed by atoms with Gasteiger partial charge < -0.3 is 10.1 Å². The average Bonchev–Trinajstić information content (AvgIpc) is 3.35. The second-order valence-corrected chi connectivity index (χ2v) is 12.1. The van der Waals surface area contributed by atoms with Gasteiger partial charge in [0.05, 0.1) is 36.0 Å². The normalized spacial score (nSPS) is 17.3. The summed E-state index contributed by atoms with van der Waals surface area (Å²) in [5.41, 5.74) is 10.4.